The summed E-state index contributed by atoms with van der Waals surface area (Å²) >= 11 is 0. The minimum Gasteiger partial charge on any atom is -0.312 e. The van der Waals surface area contributed by atoms with E-state index >= 15 is 0 Å². The molecule has 0 radical (unpaired) electrons. The van der Waals surface area contributed by atoms with E-state index < -0.39 is 0 Å². The maximum atomic E-state index is 13.1. The van der Waals surface area contributed by atoms with E-state index in [9.17, 15) is 4.39 Å². The van der Waals surface area contributed by atoms with Crippen molar-refractivity contribution in [1.82, 2.24) is 5.32 Å². The highest BCUT2D eigenvalue weighted by Gasteiger charge is 2.16. The summed E-state index contributed by atoms with van der Waals surface area (Å²) in [5, 5.41) is 3.53. The lowest BCUT2D eigenvalue weighted by molar-refractivity contribution is 0.317. The average Bonchev–Trinajstić information content (AvgIpc) is 2.24. The van der Waals surface area contributed by atoms with Crippen LogP contribution in [0.2, 0.25) is 0 Å². The van der Waals surface area contributed by atoms with Gasteiger partial charge in [-0.05, 0) is 63.3 Å². The first kappa shape index (κ1) is 15.2. The summed E-state index contributed by atoms with van der Waals surface area (Å²) in [6.07, 6.45) is 0.935. The predicted molar refractivity (Wildman–Crippen MR) is 76.2 cm³/mol. The van der Waals surface area contributed by atoms with Crippen molar-refractivity contribution < 1.29 is 4.39 Å². The lowest BCUT2D eigenvalue weighted by Crippen LogP contribution is -2.40. The highest BCUT2D eigenvalue weighted by atomic mass is 19.1. The molecule has 1 aromatic rings. The van der Waals surface area contributed by atoms with E-state index in [4.69, 9.17) is 0 Å². The fourth-order valence-corrected chi connectivity index (χ4v) is 1.91. The van der Waals surface area contributed by atoms with Crippen molar-refractivity contribution >= 4 is 0 Å². The first-order valence-electron chi connectivity index (χ1n) is 6.77. The fraction of sp³-hybridized carbons (Fsp3) is 0.625. The van der Waals surface area contributed by atoms with Crippen molar-refractivity contribution in [3.63, 3.8) is 0 Å². The molecule has 18 heavy (non-hydrogen) atoms. The number of nitrogens with one attached hydrogen (secondary N) is 1. The minimum atomic E-state index is -0.139. The number of rotatable bonds is 5. The van der Waals surface area contributed by atoms with Crippen LogP contribution in [-0.4, -0.2) is 12.1 Å². The normalized spacial score (nSPS) is 15.4. The van der Waals surface area contributed by atoms with Crippen LogP contribution in [0.25, 0.3) is 0 Å². The van der Waals surface area contributed by atoms with E-state index in [1.165, 1.54) is 6.07 Å². The molecule has 0 amide bonds. The van der Waals surface area contributed by atoms with Crippen LogP contribution in [0.15, 0.2) is 24.3 Å². The molecule has 0 aliphatic carbocycles. The fourth-order valence-electron chi connectivity index (χ4n) is 1.91. The molecule has 0 saturated carbocycles. The highest BCUT2D eigenvalue weighted by molar-refractivity contribution is 5.16. The Balaban J connectivity index is 2.47. The summed E-state index contributed by atoms with van der Waals surface area (Å²) in [6.45, 7) is 12.0. The van der Waals surface area contributed by atoms with Crippen molar-refractivity contribution in [1.29, 1.82) is 0 Å². The van der Waals surface area contributed by atoms with Crippen LogP contribution in [-0.2, 0) is 6.42 Å². The summed E-state index contributed by atoms with van der Waals surface area (Å²) in [7, 11) is 0. The monoisotopic (exact) mass is 251 g/mol. The van der Waals surface area contributed by atoms with Gasteiger partial charge in [-0.1, -0.05) is 26.0 Å². The molecule has 1 rings (SSSR count). The quantitative estimate of drug-likeness (QED) is 0.833. The largest absolute Gasteiger partial charge is 0.312 e. The van der Waals surface area contributed by atoms with Crippen molar-refractivity contribution in [3.8, 4) is 0 Å². The summed E-state index contributed by atoms with van der Waals surface area (Å²) in [5.74, 6) is 0.981. The van der Waals surface area contributed by atoms with Gasteiger partial charge in [-0.25, -0.2) is 4.39 Å². The van der Waals surface area contributed by atoms with Crippen molar-refractivity contribution in [2.45, 2.75) is 46.6 Å². The van der Waals surface area contributed by atoms with Gasteiger partial charge in [-0.3, -0.25) is 0 Å². The third kappa shape index (κ3) is 5.63. The maximum Gasteiger partial charge on any atom is 0.123 e. The Labute approximate surface area is 111 Å². The third-order valence-corrected chi connectivity index (χ3v) is 3.37. The molecule has 0 fully saturated rings. The molecule has 1 nitrogen and oxygen atoms in total. The molecule has 0 heterocycles. The average molecular weight is 251 g/mol. The summed E-state index contributed by atoms with van der Waals surface area (Å²) in [6, 6.07) is 6.93. The van der Waals surface area contributed by atoms with Crippen LogP contribution < -0.4 is 5.32 Å². The number of halogens is 1. The van der Waals surface area contributed by atoms with Gasteiger partial charge in [0.15, 0.2) is 0 Å². The van der Waals surface area contributed by atoms with Crippen LogP contribution in [0.3, 0.4) is 0 Å². The van der Waals surface area contributed by atoms with Gasteiger partial charge in [0.1, 0.15) is 5.82 Å². The van der Waals surface area contributed by atoms with Crippen molar-refractivity contribution in [2.24, 2.45) is 11.8 Å². The van der Waals surface area contributed by atoms with E-state index in [0.29, 0.717) is 11.8 Å². The summed E-state index contributed by atoms with van der Waals surface area (Å²) in [4.78, 5) is 0. The van der Waals surface area contributed by atoms with E-state index in [0.717, 1.165) is 18.5 Å². The Kier molecular flexibility index (Phi) is 5.33. The van der Waals surface area contributed by atoms with Gasteiger partial charge in [-0.2, -0.15) is 0 Å². The van der Waals surface area contributed by atoms with Gasteiger partial charge in [0.25, 0.3) is 0 Å². The van der Waals surface area contributed by atoms with Gasteiger partial charge < -0.3 is 5.32 Å². The second-order valence-corrected chi connectivity index (χ2v) is 6.42. The molecule has 0 spiro atoms. The Morgan fingerprint density at radius 1 is 1.17 bits per heavy atom. The number of hydrogen-bond donors (Lipinski definition) is 1. The summed E-state index contributed by atoms with van der Waals surface area (Å²) < 4.78 is 13.1. The third-order valence-electron chi connectivity index (χ3n) is 3.37. The van der Waals surface area contributed by atoms with Crippen LogP contribution in [0.4, 0.5) is 4.39 Å². The topological polar surface area (TPSA) is 12.0 Å². The lowest BCUT2D eigenvalue weighted by atomic mass is 9.89. The van der Waals surface area contributed by atoms with Crippen molar-refractivity contribution in [2.75, 3.05) is 6.54 Å². The maximum absolute atomic E-state index is 13.1. The van der Waals surface area contributed by atoms with Gasteiger partial charge in [0, 0.05) is 5.54 Å². The molecule has 102 valence electrons. The molecule has 2 atom stereocenters. The molecular formula is C16H26FN. The first-order chi connectivity index (χ1) is 8.28. The number of benzene rings is 1. The Morgan fingerprint density at radius 2 is 1.83 bits per heavy atom. The highest BCUT2D eigenvalue weighted by Crippen LogP contribution is 2.18. The minimum absolute atomic E-state index is 0.139. The SMILES string of the molecule is CC(CNC(C)(C)C)C(C)Cc1cccc(F)c1. The Bertz CT molecular complexity index is 368. The van der Waals surface area contributed by atoms with Gasteiger partial charge in [0.05, 0.1) is 0 Å². The van der Waals surface area contributed by atoms with E-state index in [1.54, 1.807) is 12.1 Å². The van der Waals surface area contributed by atoms with Crippen LogP contribution in [0.5, 0.6) is 0 Å². The second-order valence-electron chi connectivity index (χ2n) is 6.42. The van der Waals surface area contributed by atoms with Crippen molar-refractivity contribution in [3.05, 3.63) is 35.6 Å². The van der Waals surface area contributed by atoms with E-state index in [2.05, 4.69) is 39.9 Å². The molecule has 0 aromatic heterocycles. The first-order valence-corrected chi connectivity index (χ1v) is 6.77. The lowest BCUT2D eigenvalue weighted by Gasteiger charge is -2.26. The Morgan fingerprint density at radius 3 is 2.39 bits per heavy atom. The zero-order valence-electron chi connectivity index (χ0n) is 12.3. The van der Waals surface area contributed by atoms with Crippen LogP contribution in [0.1, 0.15) is 40.2 Å². The molecular weight excluding hydrogens is 225 g/mol. The van der Waals surface area contributed by atoms with Gasteiger partial charge in [-0.15, -0.1) is 0 Å². The van der Waals surface area contributed by atoms with Crippen LogP contribution in [0, 0.1) is 17.7 Å². The van der Waals surface area contributed by atoms with Gasteiger partial charge >= 0.3 is 0 Å². The molecule has 0 saturated heterocycles. The standard InChI is InChI=1S/C16H26FN/c1-12(13(2)11-18-16(3,4)5)9-14-7-6-8-15(17)10-14/h6-8,10,12-13,18H,9,11H2,1-5H3. The molecule has 0 aliphatic heterocycles. The predicted octanol–water partition coefficient (Wildman–Crippen LogP) is 4.03. The van der Waals surface area contributed by atoms with E-state index in [-0.39, 0.29) is 11.4 Å². The zero-order chi connectivity index (χ0) is 13.8. The second kappa shape index (κ2) is 6.33. The van der Waals surface area contributed by atoms with Crippen LogP contribution >= 0.6 is 0 Å². The van der Waals surface area contributed by atoms with E-state index in [1.807, 2.05) is 6.07 Å². The molecule has 2 heteroatoms. The van der Waals surface area contributed by atoms with Gasteiger partial charge in [0.2, 0.25) is 0 Å². The Hall–Kier alpha value is -0.890. The molecule has 0 bridgehead atoms. The smallest absolute Gasteiger partial charge is 0.123 e. The molecule has 1 N–H and O–H groups in total. The number of hydrogen-bond acceptors (Lipinski definition) is 1. The molecule has 2 unspecified atom stereocenters. The molecule has 0 aliphatic rings. The molecule has 1 aromatic carbocycles. The zero-order valence-corrected chi connectivity index (χ0v) is 12.3. The summed E-state index contributed by atoms with van der Waals surface area (Å²) in [5.41, 5.74) is 1.25.